The Hall–Kier alpha value is -2.14. The van der Waals surface area contributed by atoms with Crippen LogP contribution in [0.25, 0.3) is 0 Å². The highest BCUT2D eigenvalue weighted by molar-refractivity contribution is 7.71. The molecule has 102 valence electrons. The Balaban J connectivity index is 1.83. The summed E-state index contributed by atoms with van der Waals surface area (Å²) in [5, 5.41) is 6.72. The summed E-state index contributed by atoms with van der Waals surface area (Å²) in [4.78, 5) is 0.304. The molecule has 0 aliphatic heterocycles. The van der Waals surface area contributed by atoms with Crippen molar-refractivity contribution in [3.05, 3.63) is 70.8 Å². The number of nitrogens with one attached hydrogen (secondary N) is 1. The lowest BCUT2D eigenvalue weighted by Gasteiger charge is -2.12. The molecule has 4 nitrogen and oxygen atoms in total. The second-order valence-corrected chi connectivity index (χ2v) is 4.98. The first kappa shape index (κ1) is 12.9. The maximum atomic E-state index is 5.54. The first-order valence-corrected chi connectivity index (χ1v) is 6.84. The molecule has 1 aromatic carbocycles. The highest BCUT2D eigenvalue weighted by atomic mass is 32.1. The number of H-pyrrole nitrogens is 1. The second kappa shape index (κ2) is 5.88. The Bertz CT molecular complexity index is 701. The van der Waals surface area contributed by atoms with E-state index < -0.39 is 0 Å². The van der Waals surface area contributed by atoms with Crippen LogP contribution >= 0.6 is 12.2 Å². The summed E-state index contributed by atoms with van der Waals surface area (Å²) >= 11 is 4.91. The summed E-state index contributed by atoms with van der Waals surface area (Å²) in [5.41, 5.74) is 1.25. The third-order valence-electron chi connectivity index (χ3n) is 3.17. The lowest BCUT2D eigenvalue weighted by atomic mass is 9.94. The van der Waals surface area contributed by atoms with Crippen molar-refractivity contribution in [1.29, 1.82) is 0 Å². The summed E-state index contributed by atoms with van der Waals surface area (Å²) in [7, 11) is 0. The fraction of sp³-hybridized carbons (Fsp3) is 0.200. The minimum absolute atomic E-state index is 0.175. The maximum absolute atomic E-state index is 5.54. The minimum atomic E-state index is 0.175. The number of benzene rings is 1. The monoisotopic (exact) mass is 286 g/mol. The molecule has 0 bridgehead atoms. The van der Waals surface area contributed by atoms with Crippen LogP contribution in [0.15, 0.2) is 57.6 Å². The summed E-state index contributed by atoms with van der Waals surface area (Å²) in [6.45, 7) is 0. The van der Waals surface area contributed by atoms with Crippen molar-refractivity contribution < 1.29 is 8.83 Å². The first-order chi connectivity index (χ1) is 9.81. The van der Waals surface area contributed by atoms with Crippen molar-refractivity contribution in [2.24, 2.45) is 0 Å². The van der Waals surface area contributed by atoms with Crippen LogP contribution in [-0.2, 0) is 12.8 Å². The van der Waals surface area contributed by atoms with Crippen LogP contribution in [-0.4, -0.2) is 10.2 Å². The quantitative estimate of drug-likeness (QED) is 0.723. The Morgan fingerprint density at radius 3 is 2.60 bits per heavy atom. The normalized spacial score (nSPS) is 12.4. The highest BCUT2D eigenvalue weighted by Crippen LogP contribution is 2.25. The van der Waals surface area contributed by atoms with Crippen molar-refractivity contribution in [1.82, 2.24) is 10.2 Å². The standard InChI is InChI=1S/C15H14N2O2S/c20-15-17-16-14(19-15)10-12(13-7-4-8-18-13)9-11-5-2-1-3-6-11/h1-8,12H,9-10H2,(H,17,20)/t12-/m1/s1. The Morgan fingerprint density at radius 1 is 1.10 bits per heavy atom. The van der Waals surface area contributed by atoms with Crippen LogP contribution in [0.2, 0.25) is 0 Å². The van der Waals surface area contributed by atoms with Gasteiger partial charge in [0.15, 0.2) is 0 Å². The third-order valence-corrected chi connectivity index (χ3v) is 3.35. The number of aromatic nitrogens is 2. The molecule has 0 fully saturated rings. The van der Waals surface area contributed by atoms with E-state index in [0.717, 1.165) is 12.2 Å². The van der Waals surface area contributed by atoms with Crippen LogP contribution in [0.5, 0.6) is 0 Å². The van der Waals surface area contributed by atoms with Gasteiger partial charge in [0.25, 0.3) is 4.84 Å². The summed E-state index contributed by atoms with van der Waals surface area (Å²) in [6, 6.07) is 14.2. The van der Waals surface area contributed by atoms with E-state index in [1.54, 1.807) is 6.26 Å². The number of furan rings is 1. The lowest BCUT2D eigenvalue weighted by molar-refractivity contribution is 0.414. The molecule has 0 radical (unpaired) electrons. The predicted octanol–water partition coefficient (Wildman–Crippen LogP) is 3.89. The topological polar surface area (TPSA) is 55.0 Å². The number of nitrogens with zero attached hydrogens (tertiary/aromatic N) is 1. The van der Waals surface area contributed by atoms with E-state index in [2.05, 4.69) is 22.3 Å². The lowest BCUT2D eigenvalue weighted by Crippen LogP contribution is -2.06. The molecule has 0 amide bonds. The average molecular weight is 286 g/mol. The van der Waals surface area contributed by atoms with Gasteiger partial charge in [0.05, 0.1) is 6.26 Å². The molecular formula is C15H14N2O2S. The molecule has 3 aromatic rings. The Morgan fingerprint density at radius 2 is 1.95 bits per heavy atom. The van der Waals surface area contributed by atoms with Crippen LogP contribution < -0.4 is 0 Å². The van der Waals surface area contributed by atoms with Gasteiger partial charge in [-0.05, 0) is 36.3 Å². The molecule has 0 saturated heterocycles. The molecule has 3 rings (SSSR count). The van der Waals surface area contributed by atoms with Crippen molar-refractivity contribution in [2.45, 2.75) is 18.8 Å². The van der Waals surface area contributed by atoms with Crippen molar-refractivity contribution in [3.8, 4) is 0 Å². The molecular weight excluding hydrogens is 272 g/mol. The van der Waals surface area contributed by atoms with Gasteiger partial charge in [0.2, 0.25) is 5.89 Å². The van der Waals surface area contributed by atoms with Crippen molar-refractivity contribution in [3.63, 3.8) is 0 Å². The molecule has 1 N–H and O–H groups in total. The fourth-order valence-corrected chi connectivity index (χ4v) is 2.40. The van der Waals surface area contributed by atoms with Gasteiger partial charge >= 0.3 is 0 Å². The molecule has 5 heteroatoms. The number of hydrogen-bond acceptors (Lipinski definition) is 4. The number of aromatic amines is 1. The number of hydrogen-bond donors (Lipinski definition) is 1. The Kier molecular flexibility index (Phi) is 3.78. The van der Waals surface area contributed by atoms with Crippen molar-refractivity contribution >= 4 is 12.2 Å². The van der Waals surface area contributed by atoms with Gasteiger partial charge in [-0.2, -0.15) is 0 Å². The van der Waals surface area contributed by atoms with Gasteiger partial charge in [0, 0.05) is 12.3 Å². The van der Waals surface area contributed by atoms with E-state index in [-0.39, 0.29) is 5.92 Å². The van der Waals surface area contributed by atoms with E-state index in [0.29, 0.717) is 17.1 Å². The smallest absolute Gasteiger partial charge is 0.284 e. The van der Waals surface area contributed by atoms with Crippen LogP contribution in [0.4, 0.5) is 0 Å². The predicted molar refractivity (Wildman–Crippen MR) is 77.0 cm³/mol. The summed E-state index contributed by atoms with van der Waals surface area (Å²) in [5.74, 6) is 1.71. The molecule has 1 atom stereocenters. The molecule has 2 aromatic heterocycles. The van der Waals surface area contributed by atoms with Gasteiger partial charge in [-0.25, -0.2) is 5.10 Å². The maximum Gasteiger partial charge on any atom is 0.284 e. The Labute approximate surface area is 121 Å². The molecule has 0 spiro atoms. The van der Waals surface area contributed by atoms with E-state index in [9.17, 15) is 0 Å². The van der Waals surface area contributed by atoms with E-state index in [1.165, 1.54) is 5.56 Å². The molecule has 0 aliphatic rings. The van der Waals surface area contributed by atoms with E-state index in [1.807, 2.05) is 30.3 Å². The third kappa shape index (κ3) is 3.05. The SMILES string of the molecule is S=c1[nH]nc(C[C@@H](Cc2ccccc2)c2ccco2)o1. The molecule has 2 heterocycles. The zero-order valence-corrected chi connectivity index (χ0v) is 11.6. The molecule has 0 unspecified atom stereocenters. The van der Waals surface area contributed by atoms with E-state index >= 15 is 0 Å². The molecule has 20 heavy (non-hydrogen) atoms. The van der Waals surface area contributed by atoms with Crippen LogP contribution in [0.1, 0.15) is 23.1 Å². The van der Waals surface area contributed by atoms with Crippen molar-refractivity contribution in [2.75, 3.05) is 0 Å². The average Bonchev–Trinajstić information content (AvgIpc) is 3.11. The van der Waals surface area contributed by atoms with Gasteiger partial charge in [-0.1, -0.05) is 30.3 Å². The summed E-state index contributed by atoms with van der Waals surface area (Å²) < 4.78 is 10.9. The second-order valence-electron chi connectivity index (χ2n) is 4.61. The van der Waals surface area contributed by atoms with Gasteiger partial charge in [-0.3, -0.25) is 0 Å². The largest absolute Gasteiger partial charge is 0.469 e. The fourth-order valence-electron chi connectivity index (χ4n) is 2.25. The molecule has 0 saturated carbocycles. The van der Waals surface area contributed by atoms with Gasteiger partial charge in [-0.15, -0.1) is 5.10 Å². The minimum Gasteiger partial charge on any atom is -0.469 e. The van der Waals surface area contributed by atoms with Crippen LogP contribution in [0.3, 0.4) is 0 Å². The zero-order chi connectivity index (χ0) is 13.8. The van der Waals surface area contributed by atoms with E-state index in [4.69, 9.17) is 21.1 Å². The molecule has 0 aliphatic carbocycles. The van der Waals surface area contributed by atoms with Crippen LogP contribution in [0, 0.1) is 4.84 Å². The first-order valence-electron chi connectivity index (χ1n) is 6.43. The van der Waals surface area contributed by atoms with Gasteiger partial charge < -0.3 is 8.83 Å². The number of rotatable bonds is 5. The summed E-state index contributed by atoms with van der Waals surface area (Å²) in [6.07, 6.45) is 3.20. The zero-order valence-electron chi connectivity index (χ0n) is 10.8. The highest BCUT2D eigenvalue weighted by Gasteiger charge is 2.18. The van der Waals surface area contributed by atoms with Gasteiger partial charge in [0.1, 0.15) is 5.76 Å².